The average molecular weight is 248 g/mol. The fourth-order valence-corrected chi connectivity index (χ4v) is 1.41. The predicted molar refractivity (Wildman–Crippen MR) is 65.8 cm³/mol. The number of carbonyl (C=O) groups excluding carboxylic acids is 1. The molecular formula is C13H16N2O3. The van der Waals surface area contributed by atoms with Gasteiger partial charge in [-0.15, -0.1) is 0 Å². The van der Waals surface area contributed by atoms with Crippen LogP contribution in [0.15, 0.2) is 24.3 Å². The smallest absolute Gasteiger partial charge is 0.257 e. The molecule has 0 saturated heterocycles. The largest absolute Gasteiger partial charge is 0.483 e. The van der Waals surface area contributed by atoms with Crippen molar-refractivity contribution in [2.75, 3.05) is 13.2 Å². The highest BCUT2D eigenvalue weighted by Gasteiger charge is 2.09. The number of hydrogen-bond acceptors (Lipinski definition) is 4. The second kappa shape index (κ2) is 7.30. The predicted octanol–water partition coefficient (Wildman–Crippen LogP) is 1.15. The van der Waals surface area contributed by atoms with Crippen LogP contribution >= 0.6 is 0 Å². The number of nitrogens with zero attached hydrogens (tertiary/aromatic N) is 1. The molecule has 1 atom stereocenters. The molecule has 1 aromatic carbocycles. The third-order valence-corrected chi connectivity index (χ3v) is 2.29. The second-order valence-corrected chi connectivity index (χ2v) is 3.76. The molecule has 0 spiro atoms. The summed E-state index contributed by atoms with van der Waals surface area (Å²) in [6.07, 6.45) is -0.376. The van der Waals surface area contributed by atoms with Gasteiger partial charge >= 0.3 is 0 Å². The van der Waals surface area contributed by atoms with E-state index >= 15 is 0 Å². The molecule has 0 aliphatic carbocycles. The van der Waals surface area contributed by atoms with Crippen molar-refractivity contribution in [2.45, 2.75) is 19.4 Å². The van der Waals surface area contributed by atoms with Gasteiger partial charge in [-0.2, -0.15) is 5.26 Å². The molecule has 5 nitrogen and oxygen atoms in total. The molecule has 96 valence electrons. The van der Waals surface area contributed by atoms with Crippen LogP contribution in [0.3, 0.4) is 0 Å². The first kappa shape index (κ1) is 14.0. The summed E-state index contributed by atoms with van der Waals surface area (Å²) in [5.74, 6) is 0.202. The van der Waals surface area contributed by atoms with E-state index in [1.54, 1.807) is 31.2 Å². The quantitative estimate of drug-likeness (QED) is 0.740. The van der Waals surface area contributed by atoms with E-state index in [1.807, 2.05) is 6.07 Å². The molecular weight excluding hydrogens is 232 g/mol. The number of amides is 1. The van der Waals surface area contributed by atoms with Gasteiger partial charge in [-0.25, -0.2) is 0 Å². The van der Waals surface area contributed by atoms with Gasteiger partial charge in [-0.1, -0.05) is 18.2 Å². The molecule has 0 aromatic heterocycles. The Morgan fingerprint density at radius 2 is 2.28 bits per heavy atom. The van der Waals surface area contributed by atoms with Crippen LogP contribution < -0.4 is 10.1 Å². The number of ether oxygens (including phenoxy) is 1. The summed E-state index contributed by atoms with van der Waals surface area (Å²) in [5.41, 5.74) is 0.641. The summed E-state index contributed by atoms with van der Waals surface area (Å²) in [7, 11) is 0. The lowest BCUT2D eigenvalue weighted by molar-refractivity contribution is -0.123. The highest BCUT2D eigenvalue weighted by atomic mass is 16.5. The number of hydrogen-bond donors (Lipinski definition) is 2. The lowest BCUT2D eigenvalue weighted by atomic mass is 10.1. The van der Waals surface area contributed by atoms with E-state index in [1.165, 1.54) is 0 Å². The molecule has 0 radical (unpaired) electrons. The Labute approximate surface area is 106 Å². The van der Waals surface area contributed by atoms with Crippen molar-refractivity contribution in [1.82, 2.24) is 5.32 Å². The Kier molecular flexibility index (Phi) is 5.68. The molecule has 2 N–H and O–H groups in total. The van der Waals surface area contributed by atoms with Gasteiger partial charge in [0.1, 0.15) is 5.75 Å². The van der Waals surface area contributed by atoms with Crippen LogP contribution in [0.25, 0.3) is 0 Å². The number of nitriles is 1. The molecule has 0 aliphatic heterocycles. The molecule has 1 rings (SSSR count). The second-order valence-electron chi connectivity index (χ2n) is 3.76. The van der Waals surface area contributed by atoms with E-state index in [0.717, 1.165) is 0 Å². The normalized spacial score (nSPS) is 11.4. The molecule has 0 saturated carbocycles. The Balaban J connectivity index is 2.48. The van der Waals surface area contributed by atoms with Crippen LogP contribution in [0.5, 0.6) is 5.75 Å². The topological polar surface area (TPSA) is 82.3 Å². The summed E-state index contributed by atoms with van der Waals surface area (Å²) in [6, 6.07) is 8.94. The van der Waals surface area contributed by atoms with Crippen LogP contribution in [0.2, 0.25) is 0 Å². The van der Waals surface area contributed by atoms with Crippen LogP contribution in [-0.2, 0) is 4.79 Å². The minimum absolute atomic E-state index is 0.130. The van der Waals surface area contributed by atoms with Gasteiger partial charge in [-0.3, -0.25) is 4.79 Å². The van der Waals surface area contributed by atoms with Crippen LogP contribution in [-0.4, -0.2) is 24.2 Å². The summed E-state index contributed by atoms with van der Waals surface area (Å²) >= 11 is 0. The standard InChI is InChI=1S/C13H16N2O3/c1-10(16)11-5-2-3-6-12(11)18-9-13(17)15-8-4-7-14/h2-3,5-6,10,16H,4,8-9H2,1H3,(H,15,17)/t10-/m1/s1. The molecule has 0 heterocycles. The summed E-state index contributed by atoms with van der Waals surface area (Å²) in [6.45, 7) is 1.82. The lowest BCUT2D eigenvalue weighted by Gasteiger charge is -2.12. The average Bonchev–Trinajstić information content (AvgIpc) is 2.37. The van der Waals surface area contributed by atoms with Gasteiger partial charge in [0, 0.05) is 12.1 Å². The van der Waals surface area contributed by atoms with Crippen molar-refractivity contribution < 1.29 is 14.6 Å². The molecule has 1 aromatic rings. The van der Waals surface area contributed by atoms with Crippen molar-refractivity contribution in [3.63, 3.8) is 0 Å². The Hall–Kier alpha value is -2.06. The van der Waals surface area contributed by atoms with E-state index in [2.05, 4.69) is 5.32 Å². The zero-order valence-corrected chi connectivity index (χ0v) is 10.2. The highest BCUT2D eigenvalue weighted by Crippen LogP contribution is 2.24. The van der Waals surface area contributed by atoms with Crippen LogP contribution in [0.1, 0.15) is 25.0 Å². The number of para-hydroxylation sites is 1. The van der Waals surface area contributed by atoms with Gasteiger partial charge in [0.2, 0.25) is 0 Å². The van der Waals surface area contributed by atoms with E-state index in [-0.39, 0.29) is 18.9 Å². The lowest BCUT2D eigenvalue weighted by Crippen LogP contribution is -2.29. The molecule has 1 amide bonds. The summed E-state index contributed by atoms with van der Waals surface area (Å²) < 4.78 is 5.34. The molecule has 5 heteroatoms. The number of aliphatic hydroxyl groups is 1. The van der Waals surface area contributed by atoms with E-state index in [4.69, 9.17) is 10.00 Å². The molecule has 18 heavy (non-hydrogen) atoms. The summed E-state index contributed by atoms with van der Waals surface area (Å²) in [4.78, 5) is 11.4. The van der Waals surface area contributed by atoms with Crippen LogP contribution in [0, 0.1) is 11.3 Å². The zero-order valence-electron chi connectivity index (χ0n) is 10.2. The van der Waals surface area contributed by atoms with E-state index < -0.39 is 6.10 Å². The van der Waals surface area contributed by atoms with Crippen LogP contribution in [0.4, 0.5) is 0 Å². The number of aliphatic hydroxyl groups excluding tert-OH is 1. The Bertz CT molecular complexity index is 438. The van der Waals surface area contributed by atoms with Gasteiger partial charge in [0.05, 0.1) is 18.6 Å². The Morgan fingerprint density at radius 3 is 2.94 bits per heavy atom. The maximum Gasteiger partial charge on any atom is 0.257 e. The minimum Gasteiger partial charge on any atom is -0.483 e. The maximum atomic E-state index is 11.4. The molecule has 0 bridgehead atoms. The van der Waals surface area contributed by atoms with Crippen molar-refractivity contribution in [2.24, 2.45) is 0 Å². The van der Waals surface area contributed by atoms with Crippen molar-refractivity contribution in [3.8, 4) is 11.8 Å². The van der Waals surface area contributed by atoms with Gasteiger partial charge < -0.3 is 15.2 Å². The zero-order chi connectivity index (χ0) is 13.4. The fourth-order valence-electron chi connectivity index (χ4n) is 1.41. The Morgan fingerprint density at radius 1 is 1.56 bits per heavy atom. The van der Waals surface area contributed by atoms with E-state index in [9.17, 15) is 9.90 Å². The molecule has 0 aliphatic rings. The molecule has 0 unspecified atom stereocenters. The third kappa shape index (κ3) is 4.44. The minimum atomic E-state index is -0.650. The molecule has 0 fully saturated rings. The number of rotatable bonds is 6. The van der Waals surface area contributed by atoms with Crippen molar-refractivity contribution in [1.29, 1.82) is 5.26 Å². The third-order valence-electron chi connectivity index (χ3n) is 2.29. The first-order valence-electron chi connectivity index (χ1n) is 5.68. The highest BCUT2D eigenvalue weighted by molar-refractivity contribution is 5.77. The maximum absolute atomic E-state index is 11.4. The van der Waals surface area contributed by atoms with Crippen molar-refractivity contribution in [3.05, 3.63) is 29.8 Å². The number of benzene rings is 1. The SMILES string of the molecule is C[C@@H](O)c1ccccc1OCC(=O)NCCC#N. The van der Waals surface area contributed by atoms with Gasteiger partial charge in [0.25, 0.3) is 5.91 Å². The monoisotopic (exact) mass is 248 g/mol. The summed E-state index contributed by atoms with van der Waals surface area (Å²) in [5, 5.41) is 20.4. The van der Waals surface area contributed by atoms with E-state index in [0.29, 0.717) is 17.9 Å². The fraction of sp³-hybridized carbons (Fsp3) is 0.385. The first-order valence-corrected chi connectivity index (χ1v) is 5.68. The van der Waals surface area contributed by atoms with Gasteiger partial charge in [-0.05, 0) is 13.0 Å². The first-order chi connectivity index (χ1) is 8.65. The number of nitrogens with one attached hydrogen (secondary N) is 1. The van der Waals surface area contributed by atoms with Gasteiger partial charge in [0.15, 0.2) is 6.61 Å². The number of carbonyl (C=O) groups is 1. The van der Waals surface area contributed by atoms with Crippen molar-refractivity contribution >= 4 is 5.91 Å².